The predicted octanol–water partition coefficient (Wildman–Crippen LogP) is 2.88. The van der Waals surface area contributed by atoms with Gasteiger partial charge in [-0.25, -0.2) is 17.5 Å². The molecular formula is C15H15ClFNO3S. The molecule has 2 N–H and O–H groups in total. The van der Waals surface area contributed by atoms with Crippen molar-refractivity contribution in [2.24, 2.45) is 0 Å². The van der Waals surface area contributed by atoms with E-state index < -0.39 is 32.9 Å². The lowest BCUT2D eigenvalue weighted by Crippen LogP contribution is -2.37. The maximum Gasteiger partial charge on any atom is 0.243 e. The van der Waals surface area contributed by atoms with Crippen LogP contribution in [0.2, 0.25) is 5.02 Å². The molecule has 0 radical (unpaired) electrons. The Morgan fingerprint density at radius 1 is 1.14 bits per heavy atom. The van der Waals surface area contributed by atoms with Crippen LogP contribution in [0.4, 0.5) is 4.39 Å². The molecule has 2 rings (SSSR count). The summed E-state index contributed by atoms with van der Waals surface area (Å²) in [6.45, 7) is 1.50. The van der Waals surface area contributed by atoms with Gasteiger partial charge < -0.3 is 5.11 Å². The van der Waals surface area contributed by atoms with Gasteiger partial charge in [-0.3, -0.25) is 0 Å². The van der Waals surface area contributed by atoms with E-state index in [0.717, 1.165) is 6.07 Å². The van der Waals surface area contributed by atoms with Gasteiger partial charge in [0.05, 0.1) is 11.1 Å². The first-order valence-corrected chi connectivity index (χ1v) is 8.38. The largest absolute Gasteiger partial charge is 0.387 e. The van der Waals surface area contributed by atoms with Crippen LogP contribution in [0.15, 0.2) is 53.4 Å². The fourth-order valence-corrected chi connectivity index (χ4v) is 3.58. The molecule has 0 aromatic heterocycles. The second kappa shape index (κ2) is 6.75. The molecule has 22 heavy (non-hydrogen) atoms. The smallest absolute Gasteiger partial charge is 0.243 e. The minimum atomic E-state index is -4.14. The van der Waals surface area contributed by atoms with Gasteiger partial charge in [0.1, 0.15) is 4.90 Å². The highest BCUT2D eigenvalue weighted by Gasteiger charge is 2.26. The van der Waals surface area contributed by atoms with Gasteiger partial charge in [0.2, 0.25) is 10.0 Å². The van der Waals surface area contributed by atoms with Crippen LogP contribution < -0.4 is 4.72 Å². The summed E-state index contributed by atoms with van der Waals surface area (Å²) in [5, 5.41) is 9.90. The van der Waals surface area contributed by atoms with Crippen molar-refractivity contribution in [3.8, 4) is 0 Å². The van der Waals surface area contributed by atoms with Gasteiger partial charge in [0.15, 0.2) is 5.82 Å². The first-order valence-electron chi connectivity index (χ1n) is 6.52. The third-order valence-electron chi connectivity index (χ3n) is 3.16. The number of aliphatic hydroxyl groups excluding tert-OH is 1. The van der Waals surface area contributed by atoms with E-state index >= 15 is 0 Å². The van der Waals surface area contributed by atoms with Gasteiger partial charge in [-0.05, 0) is 24.6 Å². The molecule has 0 bridgehead atoms. The van der Waals surface area contributed by atoms with Gasteiger partial charge in [0.25, 0.3) is 0 Å². The lowest BCUT2D eigenvalue weighted by Gasteiger charge is -2.20. The Morgan fingerprint density at radius 2 is 1.77 bits per heavy atom. The minimum Gasteiger partial charge on any atom is -0.387 e. The van der Waals surface area contributed by atoms with Crippen LogP contribution in [0, 0.1) is 5.82 Å². The van der Waals surface area contributed by atoms with Gasteiger partial charge in [-0.1, -0.05) is 48.0 Å². The number of sulfonamides is 1. The van der Waals surface area contributed by atoms with Crippen molar-refractivity contribution < 1.29 is 17.9 Å². The molecule has 2 atom stereocenters. The number of rotatable bonds is 5. The zero-order valence-corrected chi connectivity index (χ0v) is 13.3. The van der Waals surface area contributed by atoms with Crippen LogP contribution >= 0.6 is 11.6 Å². The molecule has 0 heterocycles. The summed E-state index contributed by atoms with van der Waals surface area (Å²) in [5.41, 5.74) is 0.560. The van der Waals surface area contributed by atoms with Crippen LogP contribution in [-0.4, -0.2) is 19.6 Å². The average Bonchev–Trinajstić information content (AvgIpc) is 2.49. The summed E-state index contributed by atoms with van der Waals surface area (Å²) in [6.07, 6.45) is -1.06. The first kappa shape index (κ1) is 16.9. The Labute approximate surface area is 133 Å². The summed E-state index contributed by atoms with van der Waals surface area (Å²) in [6, 6.07) is 11.5. The van der Waals surface area contributed by atoms with E-state index in [1.807, 2.05) is 0 Å². The van der Waals surface area contributed by atoms with E-state index in [-0.39, 0.29) is 5.02 Å². The zero-order chi connectivity index (χ0) is 16.3. The Balaban J connectivity index is 2.23. The fraction of sp³-hybridized carbons (Fsp3) is 0.200. The Bertz CT molecular complexity index is 753. The molecular weight excluding hydrogens is 329 g/mol. The molecule has 0 fully saturated rings. The highest BCUT2D eigenvalue weighted by Crippen LogP contribution is 2.23. The van der Waals surface area contributed by atoms with E-state index in [2.05, 4.69) is 4.72 Å². The molecule has 2 aromatic rings. The molecule has 0 saturated carbocycles. The van der Waals surface area contributed by atoms with Crippen molar-refractivity contribution in [2.75, 3.05) is 0 Å². The predicted molar refractivity (Wildman–Crippen MR) is 82.6 cm³/mol. The standard InChI is InChI=1S/C15H15ClFNO3S/c1-10(15(19)11-6-3-2-4-7-11)18-22(20,21)13-9-5-8-12(16)14(13)17/h2-10,15,18-19H,1H3/t10-,15+/m1/s1. The number of hydrogen-bond donors (Lipinski definition) is 2. The topological polar surface area (TPSA) is 66.4 Å². The van der Waals surface area contributed by atoms with E-state index in [9.17, 15) is 17.9 Å². The van der Waals surface area contributed by atoms with Crippen molar-refractivity contribution in [3.05, 3.63) is 64.9 Å². The molecule has 4 nitrogen and oxygen atoms in total. The Hall–Kier alpha value is -1.47. The molecule has 0 amide bonds. The molecule has 0 unspecified atom stereocenters. The van der Waals surface area contributed by atoms with E-state index in [4.69, 9.17) is 11.6 Å². The summed E-state index contributed by atoms with van der Waals surface area (Å²) < 4.78 is 40.6. The molecule has 0 spiro atoms. The Kier molecular flexibility index (Phi) is 5.18. The molecule has 118 valence electrons. The fourth-order valence-electron chi connectivity index (χ4n) is 2.00. The second-order valence-corrected chi connectivity index (χ2v) is 6.91. The second-order valence-electron chi connectivity index (χ2n) is 4.82. The number of aliphatic hydroxyl groups is 1. The van der Waals surface area contributed by atoms with Crippen molar-refractivity contribution in [1.82, 2.24) is 4.72 Å². The number of hydrogen-bond acceptors (Lipinski definition) is 3. The summed E-state index contributed by atoms with van der Waals surface area (Å²) in [5.74, 6) is -1.02. The van der Waals surface area contributed by atoms with E-state index in [1.54, 1.807) is 30.3 Å². The summed E-state index contributed by atoms with van der Waals surface area (Å²) in [4.78, 5) is -0.549. The molecule has 0 saturated heterocycles. The van der Waals surface area contributed by atoms with Gasteiger partial charge in [-0.15, -0.1) is 0 Å². The van der Waals surface area contributed by atoms with Gasteiger partial charge >= 0.3 is 0 Å². The number of benzene rings is 2. The van der Waals surface area contributed by atoms with Crippen molar-refractivity contribution in [2.45, 2.75) is 24.0 Å². The highest BCUT2D eigenvalue weighted by molar-refractivity contribution is 7.89. The van der Waals surface area contributed by atoms with Crippen LogP contribution in [0.25, 0.3) is 0 Å². The maximum atomic E-state index is 13.9. The van der Waals surface area contributed by atoms with Crippen LogP contribution in [0.1, 0.15) is 18.6 Å². The van der Waals surface area contributed by atoms with E-state index in [1.165, 1.54) is 19.1 Å². The summed E-state index contributed by atoms with van der Waals surface area (Å²) >= 11 is 5.60. The van der Waals surface area contributed by atoms with Crippen LogP contribution in [0.5, 0.6) is 0 Å². The number of nitrogens with one attached hydrogen (secondary N) is 1. The third kappa shape index (κ3) is 3.64. The monoisotopic (exact) mass is 343 g/mol. The summed E-state index contributed by atoms with van der Waals surface area (Å²) in [7, 11) is -4.14. The highest BCUT2D eigenvalue weighted by atomic mass is 35.5. The normalized spacial score (nSPS) is 14.5. The van der Waals surface area contributed by atoms with Gasteiger partial charge in [0, 0.05) is 6.04 Å². The molecule has 7 heteroatoms. The van der Waals surface area contributed by atoms with Crippen LogP contribution in [-0.2, 0) is 10.0 Å². The van der Waals surface area contributed by atoms with Gasteiger partial charge in [-0.2, -0.15) is 0 Å². The van der Waals surface area contributed by atoms with E-state index in [0.29, 0.717) is 5.56 Å². The van der Waals surface area contributed by atoms with Crippen molar-refractivity contribution >= 4 is 21.6 Å². The van der Waals surface area contributed by atoms with Crippen LogP contribution in [0.3, 0.4) is 0 Å². The average molecular weight is 344 g/mol. The quantitative estimate of drug-likeness (QED) is 0.877. The Morgan fingerprint density at radius 3 is 2.41 bits per heavy atom. The lowest BCUT2D eigenvalue weighted by atomic mass is 10.0. The number of halogens is 2. The van der Waals surface area contributed by atoms with Crippen molar-refractivity contribution in [1.29, 1.82) is 0 Å². The molecule has 0 aliphatic rings. The van der Waals surface area contributed by atoms with Crippen molar-refractivity contribution in [3.63, 3.8) is 0 Å². The SMILES string of the molecule is C[C@@H](NS(=O)(=O)c1cccc(Cl)c1F)[C@H](O)c1ccccc1. The molecule has 0 aliphatic heterocycles. The first-order chi connectivity index (χ1) is 10.3. The molecule has 2 aromatic carbocycles. The molecule has 0 aliphatic carbocycles. The maximum absolute atomic E-state index is 13.9. The minimum absolute atomic E-state index is 0.279. The lowest BCUT2D eigenvalue weighted by molar-refractivity contribution is 0.146. The third-order valence-corrected chi connectivity index (χ3v) is 5.03. The zero-order valence-electron chi connectivity index (χ0n) is 11.7.